The molecule has 4 aliphatic carbocycles. The smallest absolute Gasteiger partial charge is 0.129 e. The molecule has 2 nitrogen and oxygen atoms in total. The van der Waals surface area contributed by atoms with Crippen LogP contribution in [-0.2, 0) is 0 Å². The summed E-state index contributed by atoms with van der Waals surface area (Å²) in [6.07, 6.45) is 47.7. The molecule has 324 valence electrons. The maximum absolute atomic E-state index is 11.2. The third-order valence-electron chi connectivity index (χ3n) is 16.1. The van der Waals surface area contributed by atoms with Crippen LogP contribution in [-0.4, -0.2) is 30.5 Å². The van der Waals surface area contributed by atoms with Crippen LogP contribution in [0.3, 0.4) is 0 Å². The summed E-state index contributed by atoms with van der Waals surface area (Å²) in [7, 11) is -1.43. The quantitative estimate of drug-likeness (QED) is 0.0732. The summed E-state index contributed by atoms with van der Waals surface area (Å²) in [5, 5.41) is 21.7. The first kappa shape index (κ1) is 49.6. The van der Waals surface area contributed by atoms with E-state index in [1.54, 1.807) is 0 Å². The molecule has 4 aliphatic rings. The van der Waals surface area contributed by atoms with E-state index < -0.39 is 20.3 Å². The Labute approximate surface area is 352 Å². The van der Waals surface area contributed by atoms with E-state index in [-0.39, 0.29) is 10.8 Å². The van der Waals surface area contributed by atoms with Crippen molar-refractivity contribution in [3.8, 4) is 23.8 Å². The Bertz CT molecular complexity index is 1100. The zero-order valence-electron chi connectivity index (χ0n) is 38.7. The van der Waals surface area contributed by atoms with Crippen LogP contribution in [0.1, 0.15) is 233 Å². The molecule has 0 heterocycles. The first-order chi connectivity index (χ1) is 26.9. The van der Waals surface area contributed by atoms with Gasteiger partial charge in [0.15, 0.2) is 0 Å². The second kappa shape index (κ2) is 26.5. The molecule has 2 atom stereocenters. The van der Waals surface area contributed by atoms with E-state index in [2.05, 4.69) is 64.7 Å². The molecule has 0 aromatic carbocycles. The fourth-order valence-electron chi connectivity index (χ4n) is 12.0. The van der Waals surface area contributed by atoms with E-state index in [0.717, 1.165) is 54.8 Å². The van der Waals surface area contributed by atoms with Crippen LogP contribution >= 0.6 is 0 Å². The number of aliphatic hydroxyl groups is 2. The Morgan fingerprint density at radius 3 is 1.18 bits per heavy atom. The molecule has 3 heteroatoms. The molecule has 56 heavy (non-hydrogen) atoms. The molecule has 4 rings (SSSR count). The van der Waals surface area contributed by atoms with Gasteiger partial charge in [0, 0.05) is 10.8 Å². The Hall–Kier alpha value is -0.743. The Morgan fingerprint density at radius 1 is 0.500 bits per heavy atom. The molecule has 4 saturated carbocycles. The molecular weight excluding hydrogens is 697 g/mol. The molecule has 0 amide bonds. The third-order valence-corrected chi connectivity index (χ3v) is 17.0. The van der Waals surface area contributed by atoms with Gasteiger partial charge >= 0.3 is 0 Å². The minimum atomic E-state index is -1.43. The SMILES string of the molecule is C#CC(O)C1(CCCCC)CCC(C2CCC(CCCCC)CC2)CC1.CCCCCC1CCC(C2CCC(CCCCC)(C(O)C#C[Si](C)(C)C)CC2)CC1. The van der Waals surface area contributed by atoms with Gasteiger partial charge in [0.25, 0.3) is 0 Å². The van der Waals surface area contributed by atoms with Crippen LogP contribution in [0.4, 0.5) is 0 Å². The highest BCUT2D eigenvalue weighted by molar-refractivity contribution is 6.83. The summed E-state index contributed by atoms with van der Waals surface area (Å²) in [4.78, 5) is 0. The summed E-state index contributed by atoms with van der Waals surface area (Å²) in [5.74, 6) is 11.8. The van der Waals surface area contributed by atoms with E-state index in [0.29, 0.717) is 0 Å². The van der Waals surface area contributed by atoms with Gasteiger partial charge in [-0.05, 0) is 125 Å². The largest absolute Gasteiger partial charge is 0.380 e. The predicted octanol–water partition coefficient (Wildman–Crippen LogP) is 15.5. The first-order valence-electron chi connectivity index (χ1n) is 25.3. The van der Waals surface area contributed by atoms with Crippen molar-refractivity contribution in [1.82, 2.24) is 0 Å². The molecule has 0 radical (unpaired) electrons. The Balaban J connectivity index is 0.000000303. The lowest BCUT2D eigenvalue weighted by Crippen LogP contribution is -2.40. The molecule has 4 fully saturated rings. The molecule has 0 bridgehead atoms. The molecule has 0 aromatic rings. The van der Waals surface area contributed by atoms with Crippen molar-refractivity contribution in [2.45, 2.75) is 265 Å². The fourth-order valence-corrected chi connectivity index (χ4v) is 12.6. The second-order valence-corrected chi connectivity index (χ2v) is 26.1. The van der Waals surface area contributed by atoms with Gasteiger partial charge in [-0.1, -0.05) is 175 Å². The monoisotopic (exact) mass is 793 g/mol. The van der Waals surface area contributed by atoms with E-state index >= 15 is 0 Å². The van der Waals surface area contributed by atoms with E-state index in [1.807, 2.05) is 0 Å². The lowest BCUT2D eigenvalue weighted by molar-refractivity contribution is -0.00118. The predicted molar refractivity (Wildman–Crippen MR) is 248 cm³/mol. The van der Waals surface area contributed by atoms with Crippen LogP contribution in [0.2, 0.25) is 19.6 Å². The number of unbranched alkanes of at least 4 members (excludes halogenated alkanes) is 8. The molecule has 0 spiro atoms. The summed E-state index contributed by atoms with van der Waals surface area (Å²) >= 11 is 0. The van der Waals surface area contributed by atoms with Crippen molar-refractivity contribution < 1.29 is 10.2 Å². The van der Waals surface area contributed by atoms with Gasteiger partial charge in [-0.15, -0.1) is 12.0 Å². The van der Waals surface area contributed by atoms with Crippen molar-refractivity contribution in [2.24, 2.45) is 46.3 Å². The minimum absolute atomic E-state index is 0.0256. The van der Waals surface area contributed by atoms with E-state index in [9.17, 15) is 10.2 Å². The number of aliphatic hydroxyl groups excluding tert-OH is 2. The highest BCUT2D eigenvalue weighted by atomic mass is 28.3. The molecular formula is C53H96O2Si. The first-order valence-corrected chi connectivity index (χ1v) is 28.8. The number of hydrogen-bond acceptors (Lipinski definition) is 2. The summed E-state index contributed by atoms with van der Waals surface area (Å²) in [5.41, 5.74) is 3.58. The zero-order valence-corrected chi connectivity index (χ0v) is 39.7. The van der Waals surface area contributed by atoms with Crippen molar-refractivity contribution in [2.75, 3.05) is 0 Å². The molecule has 0 aromatic heterocycles. The average molecular weight is 793 g/mol. The van der Waals surface area contributed by atoms with Crippen molar-refractivity contribution in [3.05, 3.63) is 0 Å². The molecule has 2 N–H and O–H groups in total. The highest BCUT2D eigenvalue weighted by Gasteiger charge is 2.43. The fraction of sp³-hybridized carbons (Fsp3) is 0.925. The van der Waals surface area contributed by atoms with Crippen molar-refractivity contribution in [3.63, 3.8) is 0 Å². The highest BCUT2D eigenvalue weighted by Crippen LogP contribution is 2.51. The lowest BCUT2D eigenvalue weighted by atomic mass is 9.61. The van der Waals surface area contributed by atoms with E-state index in [1.165, 1.54) is 186 Å². The van der Waals surface area contributed by atoms with Gasteiger partial charge in [-0.3, -0.25) is 0 Å². The van der Waals surface area contributed by atoms with Gasteiger partial charge < -0.3 is 10.2 Å². The number of rotatable bonds is 20. The summed E-state index contributed by atoms with van der Waals surface area (Å²) in [6.45, 7) is 16.0. The van der Waals surface area contributed by atoms with Gasteiger partial charge in [0.05, 0.1) is 0 Å². The van der Waals surface area contributed by atoms with Gasteiger partial charge in [-0.25, -0.2) is 0 Å². The molecule has 2 unspecified atom stereocenters. The summed E-state index contributed by atoms with van der Waals surface area (Å²) in [6, 6.07) is 0. The Kier molecular flexibility index (Phi) is 23.4. The lowest BCUT2D eigenvalue weighted by Gasteiger charge is -2.45. The second-order valence-electron chi connectivity index (χ2n) is 21.4. The maximum Gasteiger partial charge on any atom is 0.129 e. The van der Waals surface area contributed by atoms with Crippen LogP contribution in [0.15, 0.2) is 0 Å². The van der Waals surface area contributed by atoms with Gasteiger partial charge in [0.1, 0.15) is 20.3 Å². The number of terminal acetylenes is 1. The summed E-state index contributed by atoms with van der Waals surface area (Å²) < 4.78 is 0. The molecule has 0 aliphatic heterocycles. The third kappa shape index (κ3) is 16.7. The average Bonchev–Trinajstić information content (AvgIpc) is 3.21. The van der Waals surface area contributed by atoms with Crippen LogP contribution in [0.5, 0.6) is 0 Å². The van der Waals surface area contributed by atoms with E-state index in [4.69, 9.17) is 6.42 Å². The standard InChI is InChI=1S/C28H52OSi.C25H44O/c1-6-8-10-12-24-13-15-25(16-14-24)26-17-21-28(22-18-26,20-11-9-7-2)27(29)19-23-30(3,4)5;1-4-7-9-11-21-12-14-22(15-13-21)23-16-19-25(20-17-23,24(26)6-3)18-10-8-5-2/h24-27,29H,6-18,20-22H2,1-5H3;3,21-24,26H,4-5,7-20H2,1-2H3. The maximum atomic E-state index is 11.2. The minimum Gasteiger partial charge on any atom is -0.380 e. The molecule has 0 saturated heterocycles. The van der Waals surface area contributed by atoms with Crippen LogP contribution < -0.4 is 0 Å². The number of hydrogen-bond donors (Lipinski definition) is 2. The van der Waals surface area contributed by atoms with Crippen LogP contribution in [0.25, 0.3) is 0 Å². The van der Waals surface area contributed by atoms with Gasteiger partial charge in [-0.2, -0.15) is 0 Å². The van der Waals surface area contributed by atoms with Gasteiger partial charge in [0.2, 0.25) is 0 Å². The van der Waals surface area contributed by atoms with Crippen molar-refractivity contribution in [1.29, 1.82) is 0 Å². The van der Waals surface area contributed by atoms with Crippen molar-refractivity contribution >= 4 is 8.07 Å². The normalized spacial score (nSPS) is 32.2. The Morgan fingerprint density at radius 2 is 0.839 bits per heavy atom. The van der Waals surface area contributed by atoms with Crippen LogP contribution in [0, 0.1) is 70.1 Å². The topological polar surface area (TPSA) is 40.5 Å². The zero-order chi connectivity index (χ0) is 40.9.